The molecule has 0 N–H and O–H groups in total. The van der Waals surface area contributed by atoms with Gasteiger partial charge in [0.25, 0.3) is 5.89 Å². The number of aromatic nitrogens is 2. The van der Waals surface area contributed by atoms with Gasteiger partial charge < -0.3 is 4.52 Å². The third-order valence-corrected chi connectivity index (χ3v) is 2.44. The number of halogens is 3. The fourth-order valence-corrected chi connectivity index (χ4v) is 1.46. The smallest absolute Gasteiger partial charge is 0.308 e. The van der Waals surface area contributed by atoms with Crippen LogP contribution in [-0.4, -0.2) is 15.1 Å². The molecule has 1 unspecified atom stereocenters. The molecular weight excluding hydrogens is 284 g/mol. The van der Waals surface area contributed by atoms with Crippen molar-refractivity contribution in [2.45, 2.75) is 12.3 Å². The summed E-state index contributed by atoms with van der Waals surface area (Å²) in [5.74, 6) is -2.53. The molecule has 1 aromatic heterocycles. The van der Waals surface area contributed by atoms with Crippen LogP contribution in [0.2, 0.25) is 0 Å². The number of hydrogen-bond donors (Lipinski definition) is 0. The van der Waals surface area contributed by atoms with E-state index in [1.165, 1.54) is 0 Å². The molecule has 0 aliphatic heterocycles. The predicted octanol–water partition coefficient (Wildman–Crippen LogP) is 3.22. The van der Waals surface area contributed by atoms with Gasteiger partial charge in [0.2, 0.25) is 5.82 Å². The van der Waals surface area contributed by atoms with E-state index in [1.807, 2.05) is 0 Å². The van der Waals surface area contributed by atoms with Gasteiger partial charge in [-0.25, -0.2) is 4.39 Å². The predicted molar refractivity (Wildman–Crippen MR) is 60.6 cm³/mol. The maximum Gasteiger partial charge on any atom is 0.308 e. The molecule has 0 amide bonds. The molecule has 0 saturated heterocycles. The minimum Gasteiger partial charge on any atom is -0.334 e. The maximum atomic E-state index is 13.8. The number of rotatable bonds is 3. The summed E-state index contributed by atoms with van der Waals surface area (Å²) in [5.41, 5.74) is -1.49. The first-order valence-corrected chi connectivity index (χ1v) is 5.45. The zero-order valence-electron chi connectivity index (χ0n) is 9.43. The average molecular weight is 290 g/mol. The Balaban J connectivity index is 2.58. The molecule has 0 radical (unpaired) electrons. The van der Waals surface area contributed by atoms with E-state index in [0.717, 1.165) is 6.07 Å². The standard InChI is InChI=1S/C10H6ClF2N3O3/c1-4(11)9-14-10(19-15-9)6-2-5(12)3-7(8(6)13)16(17)18/h2-4H,1H3. The quantitative estimate of drug-likeness (QED) is 0.492. The average Bonchev–Trinajstić information content (AvgIpc) is 2.80. The minimum absolute atomic E-state index is 0.0722. The normalized spacial score (nSPS) is 12.4. The van der Waals surface area contributed by atoms with Crippen molar-refractivity contribution in [3.05, 3.63) is 39.7 Å². The van der Waals surface area contributed by atoms with Gasteiger partial charge in [-0.15, -0.1) is 11.6 Å². The molecule has 19 heavy (non-hydrogen) atoms. The molecule has 0 fully saturated rings. The van der Waals surface area contributed by atoms with Crippen molar-refractivity contribution in [1.82, 2.24) is 10.1 Å². The number of benzene rings is 1. The lowest BCUT2D eigenvalue weighted by Crippen LogP contribution is -1.97. The van der Waals surface area contributed by atoms with Crippen LogP contribution in [0.3, 0.4) is 0 Å². The van der Waals surface area contributed by atoms with E-state index in [2.05, 4.69) is 10.1 Å². The van der Waals surface area contributed by atoms with E-state index in [1.54, 1.807) is 6.92 Å². The zero-order valence-corrected chi connectivity index (χ0v) is 10.2. The number of alkyl halides is 1. The Morgan fingerprint density at radius 2 is 2.16 bits per heavy atom. The zero-order chi connectivity index (χ0) is 14.2. The van der Waals surface area contributed by atoms with Crippen LogP contribution in [0, 0.1) is 21.7 Å². The highest BCUT2D eigenvalue weighted by atomic mass is 35.5. The highest BCUT2D eigenvalue weighted by molar-refractivity contribution is 6.20. The van der Waals surface area contributed by atoms with Crippen LogP contribution in [-0.2, 0) is 0 Å². The van der Waals surface area contributed by atoms with Gasteiger partial charge in [0.1, 0.15) is 5.82 Å². The van der Waals surface area contributed by atoms with Crippen molar-refractivity contribution in [3.63, 3.8) is 0 Å². The number of nitro groups is 1. The lowest BCUT2D eigenvalue weighted by atomic mass is 10.1. The van der Waals surface area contributed by atoms with E-state index >= 15 is 0 Å². The molecule has 1 aromatic carbocycles. The Hall–Kier alpha value is -2.09. The first-order valence-electron chi connectivity index (χ1n) is 5.01. The second-order valence-corrected chi connectivity index (χ2v) is 4.27. The third kappa shape index (κ3) is 2.53. The van der Waals surface area contributed by atoms with Gasteiger partial charge in [0.15, 0.2) is 5.82 Å². The Morgan fingerprint density at radius 3 is 2.68 bits per heavy atom. The Labute approximate surface area is 110 Å². The summed E-state index contributed by atoms with van der Waals surface area (Å²) in [6, 6.07) is 1.21. The van der Waals surface area contributed by atoms with Crippen LogP contribution in [0.25, 0.3) is 11.5 Å². The van der Waals surface area contributed by atoms with Crippen molar-refractivity contribution in [2.75, 3.05) is 0 Å². The summed E-state index contributed by atoms with van der Waals surface area (Å²) in [6.07, 6.45) is 0. The van der Waals surface area contributed by atoms with Crippen LogP contribution in [0.15, 0.2) is 16.7 Å². The summed E-state index contributed by atoms with van der Waals surface area (Å²) >= 11 is 5.70. The Morgan fingerprint density at radius 1 is 1.47 bits per heavy atom. The van der Waals surface area contributed by atoms with E-state index < -0.39 is 33.2 Å². The first-order chi connectivity index (χ1) is 8.90. The lowest BCUT2D eigenvalue weighted by Gasteiger charge is -1.99. The van der Waals surface area contributed by atoms with Gasteiger partial charge in [0, 0.05) is 0 Å². The molecular formula is C10H6ClF2N3O3. The molecule has 1 atom stereocenters. The SMILES string of the molecule is CC(Cl)c1noc(-c2cc(F)cc([N+](=O)[O-])c2F)n1. The van der Waals surface area contributed by atoms with Gasteiger partial charge >= 0.3 is 5.69 Å². The molecule has 0 bridgehead atoms. The number of nitro benzene ring substituents is 1. The van der Waals surface area contributed by atoms with Crippen molar-refractivity contribution in [2.24, 2.45) is 0 Å². The Bertz CT molecular complexity index is 645. The van der Waals surface area contributed by atoms with Gasteiger partial charge in [0.05, 0.1) is 21.9 Å². The summed E-state index contributed by atoms with van der Waals surface area (Å²) in [4.78, 5) is 13.3. The minimum atomic E-state index is -1.25. The monoisotopic (exact) mass is 289 g/mol. The van der Waals surface area contributed by atoms with Crippen molar-refractivity contribution < 1.29 is 18.2 Å². The molecule has 2 rings (SSSR count). The summed E-state index contributed by atoms with van der Waals surface area (Å²) in [6.45, 7) is 1.56. The third-order valence-electron chi connectivity index (χ3n) is 2.24. The number of nitrogens with zero attached hydrogens (tertiary/aromatic N) is 3. The van der Waals surface area contributed by atoms with Crippen LogP contribution < -0.4 is 0 Å². The van der Waals surface area contributed by atoms with Gasteiger partial charge in [-0.05, 0) is 13.0 Å². The fourth-order valence-electron chi connectivity index (χ4n) is 1.37. The second kappa shape index (κ2) is 4.88. The molecule has 2 aromatic rings. The molecule has 1 heterocycles. The fraction of sp³-hybridized carbons (Fsp3) is 0.200. The van der Waals surface area contributed by atoms with Gasteiger partial charge in [-0.2, -0.15) is 9.37 Å². The number of hydrogen-bond acceptors (Lipinski definition) is 5. The summed E-state index contributed by atoms with van der Waals surface area (Å²) in [7, 11) is 0. The van der Waals surface area contributed by atoms with E-state index in [4.69, 9.17) is 16.1 Å². The van der Waals surface area contributed by atoms with Crippen LogP contribution in [0.5, 0.6) is 0 Å². The largest absolute Gasteiger partial charge is 0.334 e. The molecule has 0 aliphatic carbocycles. The van der Waals surface area contributed by atoms with Crippen molar-refractivity contribution >= 4 is 17.3 Å². The highest BCUT2D eigenvalue weighted by Gasteiger charge is 2.25. The van der Waals surface area contributed by atoms with Gasteiger partial charge in [-0.1, -0.05) is 5.16 Å². The molecule has 6 nitrogen and oxygen atoms in total. The van der Waals surface area contributed by atoms with Crippen molar-refractivity contribution in [1.29, 1.82) is 0 Å². The summed E-state index contributed by atoms with van der Waals surface area (Å²) in [5, 5.41) is 13.4. The summed E-state index contributed by atoms with van der Waals surface area (Å²) < 4.78 is 31.8. The van der Waals surface area contributed by atoms with E-state index in [9.17, 15) is 18.9 Å². The van der Waals surface area contributed by atoms with Crippen LogP contribution in [0.4, 0.5) is 14.5 Å². The second-order valence-electron chi connectivity index (χ2n) is 3.62. The van der Waals surface area contributed by atoms with Crippen molar-refractivity contribution in [3.8, 4) is 11.5 Å². The Kier molecular flexibility index (Phi) is 3.43. The lowest BCUT2D eigenvalue weighted by molar-refractivity contribution is -0.387. The highest BCUT2D eigenvalue weighted by Crippen LogP contribution is 2.30. The first kappa shape index (κ1) is 13.3. The van der Waals surface area contributed by atoms with Gasteiger partial charge in [-0.3, -0.25) is 10.1 Å². The maximum absolute atomic E-state index is 13.8. The molecule has 0 spiro atoms. The van der Waals surface area contributed by atoms with Crippen LogP contribution >= 0.6 is 11.6 Å². The van der Waals surface area contributed by atoms with E-state index in [0.29, 0.717) is 6.07 Å². The van der Waals surface area contributed by atoms with Crippen LogP contribution in [0.1, 0.15) is 18.1 Å². The molecule has 0 saturated carbocycles. The molecule has 9 heteroatoms. The topological polar surface area (TPSA) is 82.1 Å². The molecule has 100 valence electrons. The van der Waals surface area contributed by atoms with E-state index in [-0.39, 0.29) is 11.7 Å². The molecule has 0 aliphatic rings.